The van der Waals surface area contributed by atoms with E-state index in [0.717, 1.165) is 17.7 Å². The van der Waals surface area contributed by atoms with Gasteiger partial charge >= 0.3 is 0 Å². The molecule has 2 aromatic carbocycles. The number of hydrogen-bond acceptors (Lipinski definition) is 1. The van der Waals surface area contributed by atoms with Crippen LogP contribution in [0.2, 0.25) is 0 Å². The molecular weight excluding hydrogens is 270 g/mol. The first kappa shape index (κ1) is 14.3. The summed E-state index contributed by atoms with van der Waals surface area (Å²) in [5, 5.41) is 1.19. The van der Waals surface area contributed by atoms with E-state index in [1.807, 2.05) is 42.5 Å². The van der Waals surface area contributed by atoms with E-state index in [1.54, 1.807) is 6.08 Å². The van der Waals surface area contributed by atoms with Crippen LogP contribution in [-0.4, -0.2) is 10.4 Å². The lowest BCUT2D eigenvalue weighted by Gasteiger charge is -2.03. The van der Waals surface area contributed by atoms with Gasteiger partial charge < -0.3 is 4.57 Å². The van der Waals surface area contributed by atoms with Crippen molar-refractivity contribution in [2.24, 2.45) is 0 Å². The van der Waals surface area contributed by atoms with Gasteiger partial charge in [-0.15, -0.1) is 0 Å². The van der Waals surface area contributed by atoms with E-state index in [2.05, 4.69) is 36.6 Å². The maximum absolute atomic E-state index is 12.2. The summed E-state index contributed by atoms with van der Waals surface area (Å²) in [5.41, 5.74) is 4.26. The van der Waals surface area contributed by atoms with Crippen LogP contribution in [0, 0.1) is 6.92 Å². The molecule has 2 nitrogen and oxygen atoms in total. The number of para-hydroxylation sites is 1. The molecular formula is C20H19NO. The minimum Gasteiger partial charge on any atom is -0.345 e. The number of carbonyl (C=O) groups excluding carboxylic acids is 1. The maximum Gasteiger partial charge on any atom is 0.185 e. The number of benzene rings is 2. The highest BCUT2D eigenvalue weighted by molar-refractivity contribution is 6.08. The molecule has 0 saturated heterocycles. The van der Waals surface area contributed by atoms with Crippen molar-refractivity contribution in [2.75, 3.05) is 0 Å². The van der Waals surface area contributed by atoms with Crippen molar-refractivity contribution < 1.29 is 4.79 Å². The fourth-order valence-corrected chi connectivity index (χ4v) is 2.93. The topological polar surface area (TPSA) is 22.0 Å². The van der Waals surface area contributed by atoms with Crippen molar-refractivity contribution in [3.8, 4) is 0 Å². The van der Waals surface area contributed by atoms with Gasteiger partial charge in [-0.2, -0.15) is 0 Å². The Labute approximate surface area is 130 Å². The van der Waals surface area contributed by atoms with Gasteiger partial charge in [0.05, 0.1) is 0 Å². The lowest BCUT2D eigenvalue weighted by Crippen LogP contribution is -1.96. The minimum absolute atomic E-state index is 0.0355. The van der Waals surface area contributed by atoms with Crippen LogP contribution in [0.15, 0.2) is 60.7 Å². The molecule has 3 aromatic rings. The van der Waals surface area contributed by atoms with E-state index < -0.39 is 0 Å². The Morgan fingerprint density at radius 1 is 1.05 bits per heavy atom. The van der Waals surface area contributed by atoms with E-state index >= 15 is 0 Å². The number of carbonyl (C=O) groups is 1. The molecule has 22 heavy (non-hydrogen) atoms. The second-order valence-electron chi connectivity index (χ2n) is 5.32. The summed E-state index contributed by atoms with van der Waals surface area (Å²) >= 11 is 0. The summed E-state index contributed by atoms with van der Waals surface area (Å²) < 4.78 is 2.28. The summed E-state index contributed by atoms with van der Waals surface area (Å²) in [6, 6.07) is 17.7. The molecule has 0 radical (unpaired) electrons. The van der Waals surface area contributed by atoms with E-state index in [4.69, 9.17) is 0 Å². The largest absolute Gasteiger partial charge is 0.345 e. The second kappa shape index (κ2) is 6.02. The molecule has 3 rings (SSSR count). The van der Waals surface area contributed by atoms with Gasteiger partial charge in [0, 0.05) is 34.3 Å². The number of hydrogen-bond donors (Lipinski definition) is 0. The van der Waals surface area contributed by atoms with Crippen molar-refractivity contribution in [1.29, 1.82) is 0 Å². The first-order chi connectivity index (χ1) is 10.7. The van der Waals surface area contributed by atoms with Crippen molar-refractivity contribution in [3.05, 3.63) is 77.5 Å². The number of rotatable bonds is 4. The summed E-state index contributed by atoms with van der Waals surface area (Å²) in [5.74, 6) is 0.0355. The molecule has 0 bridgehead atoms. The number of ketones is 1. The van der Waals surface area contributed by atoms with Gasteiger partial charge in [0.2, 0.25) is 0 Å². The SMILES string of the molecule is CCn1c(C)c(/C=C/C(=O)c2ccccc2)c2ccccc21. The summed E-state index contributed by atoms with van der Waals surface area (Å²) in [6.45, 7) is 5.17. The van der Waals surface area contributed by atoms with Gasteiger partial charge in [-0.25, -0.2) is 0 Å². The monoisotopic (exact) mass is 289 g/mol. The number of aryl methyl sites for hydroxylation is 1. The van der Waals surface area contributed by atoms with Crippen LogP contribution >= 0.6 is 0 Å². The average molecular weight is 289 g/mol. The number of aromatic nitrogens is 1. The van der Waals surface area contributed by atoms with E-state index in [0.29, 0.717) is 0 Å². The molecule has 0 atom stereocenters. The lowest BCUT2D eigenvalue weighted by atomic mass is 10.1. The van der Waals surface area contributed by atoms with Gasteiger partial charge in [0.25, 0.3) is 0 Å². The zero-order chi connectivity index (χ0) is 15.5. The Kier molecular flexibility index (Phi) is 3.92. The Morgan fingerprint density at radius 2 is 1.73 bits per heavy atom. The van der Waals surface area contributed by atoms with Crippen LogP contribution in [0.4, 0.5) is 0 Å². The molecule has 1 heterocycles. The molecule has 1 aromatic heterocycles. The Balaban J connectivity index is 2.02. The minimum atomic E-state index is 0.0355. The zero-order valence-corrected chi connectivity index (χ0v) is 12.9. The third-order valence-electron chi connectivity index (χ3n) is 4.06. The van der Waals surface area contributed by atoms with Crippen LogP contribution in [0.5, 0.6) is 0 Å². The van der Waals surface area contributed by atoms with Crippen molar-refractivity contribution in [2.45, 2.75) is 20.4 Å². The zero-order valence-electron chi connectivity index (χ0n) is 12.9. The predicted octanol–water partition coefficient (Wildman–Crippen LogP) is 4.87. The van der Waals surface area contributed by atoms with Crippen LogP contribution in [0.3, 0.4) is 0 Å². The van der Waals surface area contributed by atoms with Crippen LogP contribution < -0.4 is 0 Å². The fourth-order valence-electron chi connectivity index (χ4n) is 2.93. The average Bonchev–Trinajstić information content (AvgIpc) is 2.84. The van der Waals surface area contributed by atoms with Crippen LogP contribution in [-0.2, 0) is 6.54 Å². The molecule has 0 spiro atoms. The molecule has 0 N–H and O–H groups in total. The molecule has 0 aliphatic rings. The van der Waals surface area contributed by atoms with Gasteiger partial charge in [-0.1, -0.05) is 48.5 Å². The number of fused-ring (bicyclic) bond motifs is 1. The van der Waals surface area contributed by atoms with E-state index in [9.17, 15) is 4.79 Å². The van der Waals surface area contributed by atoms with E-state index in [1.165, 1.54) is 16.6 Å². The third-order valence-corrected chi connectivity index (χ3v) is 4.06. The van der Waals surface area contributed by atoms with Crippen molar-refractivity contribution in [3.63, 3.8) is 0 Å². The predicted molar refractivity (Wildman–Crippen MR) is 92.2 cm³/mol. The van der Waals surface area contributed by atoms with Gasteiger partial charge in [-0.3, -0.25) is 4.79 Å². The highest BCUT2D eigenvalue weighted by atomic mass is 16.1. The van der Waals surface area contributed by atoms with Crippen molar-refractivity contribution in [1.82, 2.24) is 4.57 Å². The quantitative estimate of drug-likeness (QED) is 0.496. The number of allylic oxidation sites excluding steroid dienone is 1. The fraction of sp³-hybridized carbons (Fsp3) is 0.150. The first-order valence-corrected chi connectivity index (χ1v) is 7.57. The molecule has 0 saturated carbocycles. The third kappa shape index (κ3) is 2.48. The highest BCUT2D eigenvalue weighted by Gasteiger charge is 2.10. The van der Waals surface area contributed by atoms with E-state index in [-0.39, 0.29) is 5.78 Å². The summed E-state index contributed by atoms with van der Waals surface area (Å²) in [6.07, 6.45) is 3.61. The standard InChI is InChI=1S/C20H19NO/c1-3-21-15(2)17(18-11-7-8-12-19(18)21)13-14-20(22)16-9-5-4-6-10-16/h4-14H,3H2,1-2H3/b14-13+. The first-order valence-electron chi connectivity index (χ1n) is 7.57. The highest BCUT2D eigenvalue weighted by Crippen LogP contribution is 2.27. The Morgan fingerprint density at radius 3 is 2.45 bits per heavy atom. The Hall–Kier alpha value is -2.61. The summed E-state index contributed by atoms with van der Waals surface area (Å²) in [4.78, 5) is 12.2. The molecule has 0 fully saturated rings. The summed E-state index contributed by atoms with van der Waals surface area (Å²) in [7, 11) is 0. The normalized spacial score (nSPS) is 11.4. The van der Waals surface area contributed by atoms with Gasteiger partial charge in [-0.05, 0) is 32.1 Å². The van der Waals surface area contributed by atoms with Crippen molar-refractivity contribution >= 4 is 22.8 Å². The van der Waals surface area contributed by atoms with Crippen LogP contribution in [0.25, 0.3) is 17.0 Å². The molecule has 0 aliphatic heterocycles. The Bertz CT molecular complexity index is 841. The van der Waals surface area contributed by atoms with Crippen LogP contribution in [0.1, 0.15) is 28.5 Å². The molecule has 2 heteroatoms. The lowest BCUT2D eigenvalue weighted by molar-refractivity contribution is 0.104. The maximum atomic E-state index is 12.2. The molecule has 0 amide bonds. The molecule has 110 valence electrons. The van der Waals surface area contributed by atoms with Gasteiger partial charge in [0.1, 0.15) is 0 Å². The molecule has 0 aliphatic carbocycles. The second-order valence-corrected chi connectivity index (χ2v) is 5.32. The smallest absolute Gasteiger partial charge is 0.185 e. The number of nitrogens with zero attached hydrogens (tertiary/aromatic N) is 1. The molecule has 0 unspecified atom stereocenters. The van der Waals surface area contributed by atoms with Gasteiger partial charge in [0.15, 0.2) is 5.78 Å².